The fourth-order valence-electron chi connectivity index (χ4n) is 2.08. The van der Waals surface area contributed by atoms with Crippen LogP contribution in [0, 0.1) is 6.92 Å². The molecule has 25 heavy (non-hydrogen) atoms. The number of aryl methyl sites for hydroxylation is 1. The molecule has 0 saturated heterocycles. The minimum absolute atomic E-state index is 0.237. The van der Waals surface area contributed by atoms with Crippen LogP contribution in [0.15, 0.2) is 44.9 Å². The van der Waals surface area contributed by atoms with Crippen LogP contribution >= 0.6 is 27.3 Å². The Morgan fingerprint density at radius 2 is 2.08 bits per heavy atom. The first kappa shape index (κ1) is 18.0. The monoisotopic (exact) mass is 442 g/mol. The molecular formula is C14H15BrN6O2S2. The molecule has 0 radical (unpaired) electrons. The number of halogens is 1. The van der Waals surface area contributed by atoms with Crippen molar-refractivity contribution < 1.29 is 8.42 Å². The molecule has 0 unspecified atom stereocenters. The van der Waals surface area contributed by atoms with E-state index in [4.69, 9.17) is 0 Å². The zero-order valence-corrected chi connectivity index (χ0v) is 16.4. The SMILES string of the molecule is Cc1nccn1-c1cc(NCCNS(=O)(=O)c2ccc(Br)s2)ncn1. The molecule has 3 aromatic heterocycles. The van der Waals surface area contributed by atoms with Crippen molar-refractivity contribution in [3.8, 4) is 5.82 Å². The van der Waals surface area contributed by atoms with E-state index in [1.165, 1.54) is 17.7 Å². The normalized spacial score (nSPS) is 11.6. The first-order valence-corrected chi connectivity index (χ1v) is 10.4. The Labute approximate surface area is 157 Å². The highest BCUT2D eigenvalue weighted by atomic mass is 79.9. The fourth-order valence-corrected chi connectivity index (χ4v) is 5.17. The molecule has 0 aromatic carbocycles. The summed E-state index contributed by atoms with van der Waals surface area (Å²) in [6.45, 7) is 2.51. The molecule has 132 valence electrons. The smallest absolute Gasteiger partial charge is 0.250 e. The van der Waals surface area contributed by atoms with Crippen molar-refractivity contribution in [1.29, 1.82) is 0 Å². The van der Waals surface area contributed by atoms with E-state index in [1.54, 1.807) is 24.4 Å². The summed E-state index contributed by atoms with van der Waals surface area (Å²) in [5.41, 5.74) is 0. The van der Waals surface area contributed by atoms with Gasteiger partial charge in [-0.15, -0.1) is 11.3 Å². The molecule has 11 heteroatoms. The Morgan fingerprint density at radius 1 is 1.24 bits per heavy atom. The molecule has 3 heterocycles. The maximum absolute atomic E-state index is 12.1. The second-order valence-electron chi connectivity index (χ2n) is 4.99. The largest absolute Gasteiger partial charge is 0.369 e. The van der Waals surface area contributed by atoms with Gasteiger partial charge in [0.15, 0.2) is 0 Å². The van der Waals surface area contributed by atoms with Crippen LogP contribution in [0.25, 0.3) is 5.82 Å². The van der Waals surface area contributed by atoms with Gasteiger partial charge in [0.25, 0.3) is 0 Å². The third-order valence-electron chi connectivity index (χ3n) is 3.26. The molecule has 0 fully saturated rings. The van der Waals surface area contributed by atoms with Crippen molar-refractivity contribution in [2.75, 3.05) is 18.4 Å². The van der Waals surface area contributed by atoms with Crippen molar-refractivity contribution >= 4 is 43.1 Å². The molecule has 0 spiro atoms. The van der Waals surface area contributed by atoms with Gasteiger partial charge in [-0.1, -0.05) is 0 Å². The van der Waals surface area contributed by atoms with E-state index in [-0.39, 0.29) is 10.8 Å². The lowest BCUT2D eigenvalue weighted by atomic mass is 10.5. The Morgan fingerprint density at radius 3 is 2.76 bits per heavy atom. The molecule has 8 nitrogen and oxygen atoms in total. The van der Waals surface area contributed by atoms with Gasteiger partial charge in [-0.05, 0) is 35.0 Å². The Bertz CT molecular complexity index is 969. The van der Waals surface area contributed by atoms with Crippen LogP contribution in [0.5, 0.6) is 0 Å². The summed E-state index contributed by atoms with van der Waals surface area (Å²) < 4.78 is 29.7. The Hall–Kier alpha value is -1.82. The van der Waals surface area contributed by atoms with E-state index in [1.807, 2.05) is 17.7 Å². The van der Waals surface area contributed by atoms with Crippen molar-refractivity contribution in [3.63, 3.8) is 0 Å². The van der Waals surface area contributed by atoms with E-state index in [9.17, 15) is 8.42 Å². The van der Waals surface area contributed by atoms with Crippen molar-refractivity contribution in [2.24, 2.45) is 0 Å². The van der Waals surface area contributed by atoms with Crippen LogP contribution < -0.4 is 10.0 Å². The molecule has 0 aliphatic carbocycles. The summed E-state index contributed by atoms with van der Waals surface area (Å²) in [6.07, 6.45) is 4.96. The third-order valence-corrected chi connectivity index (χ3v) is 6.84. The second kappa shape index (κ2) is 7.60. The van der Waals surface area contributed by atoms with Crippen molar-refractivity contribution in [2.45, 2.75) is 11.1 Å². The van der Waals surface area contributed by atoms with Crippen molar-refractivity contribution in [1.82, 2.24) is 24.2 Å². The molecule has 2 N–H and O–H groups in total. The topological polar surface area (TPSA) is 102 Å². The molecule has 0 bridgehead atoms. The zero-order chi connectivity index (χ0) is 17.9. The molecule has 3 rings (SSSR count). The highest BCUT2D eigenvalue weighted by Crippen LogP contribution is 2.25. The van der Waals surface area contributed by atoms with Gasteiger partial charge in [-0.2, -0.15) is 0 Å². The number of nitrogens with zero attached hydrogens (tertiary/aromatic N) is 4. The summed E-state index contributed by atoms with van der Waals surface area (Å²) in [6, 6.07) is 5.05. The summed E-state index contributed by atoms with van der Waals surface area (Å²) in [7, 11) is -3.49. The third kappa shape index (κ3) is 4.42. The summed E-state index contributed by atoms with van der Waals surface area (Å²) >= 11 is 4.43. The fraction of sp³-hybridized carbons (Fsp3) is 0.214. The first-order valence-electron chi connectivity index (χ1n) is 7.27. The lowest BCUT2D eigenvalue weighted by molar-refractivity contribution is 0.585. The summed E-state index contributed by atoms with van der Waals surface area (Å²) in [5.74, 6) is 2.12. The number of anilines is 1. The molecule has 0 saturated carbocycles. The number of thiophene rings is 1. The second-order valence-corrected chi connectivity index (χ2v) is 9.45. The van der Waals surface area contributed by atoms with Crippen LogP contribution in [0.1, 0.15) is 5.82 Å². The van der Waals surface area contributed by atoms with Gasteiger partial charge in [0.1, 0.15) is 28.0 Å². The van der Waals surface area contributed by atoms with Crippen LogP contribution in [0.2, 0.25) is 0 Å². The Kier molecular flexibility index (Phi) is 5.47. The van der Waals surface area contributed by atoms with Crippen LogP contribution in [-0.4, -0.2) is 41.0 Å². The summed E-state index contributed by atoms with van der Waals surface area (Å²) in [5, 5.41) is 3.08. The van der Waals surface area contributed by atoms with E-state index >= 15 is 0 Å². The zero-order valence-electron chi connectivity index (χ0n) is 13.2. The van der Waals surface area contributed by atoms with Gasteiger partial charge in [-0.25, -0.2) is 28.1 Å². The number of imidazole rings is 1. The molecule has 0 atom stereocenters. The first-order chi connectivity index (χ1) is 12.0. The number of sulfonamides is 1. The highest BCUT2D eigenvalue weighted by Gasteiger charge is 2.15. The number of aromatic nitrogens is 4. The van der Waals surface area contributed by atoms with Gasteiger partial charge in [0.05, 0.1) is 3.79 Å². The van der Waals surface area contributed by atoms with Gasteiger partial charge in [0.2, 0.25) is 10.0 Å². The lowest BCUT2D eigenvalue weighted by Crippen LogP contribution is -2.28. The summed E-state index contributed by atoms with van der Waals surface area (Å²) in [4.78, 5) is 12.5. The van der Waals surface area contributed by atoms with E-state index in [0.29, 0.717) is 18.2 Å². The quantitative estimate of drug-likeness (QED) is 0.543. The lowest BCUT2D eigenvalue weighted by Gasteiger charge is -2.09. The predicted octanol–water partition coefficient (Wildman–Crippen LogP) is 2.19. The molecular weight excluding hydrogens is 428 g/mol. The highest BCUT2D eigenvalue weighted by molar-refractivity contribution is 9.11. The van der Waals surface area contributed by atoms with Crippen LogP contribution in [-0.2, 0) is 10.0 Å². The van der Waals surface area contributed by atoms with E-state index in [2.05, 4.69) is 40.9 Å². The van der Waals surface area contributed by atoms with Gasteiger partial charge in [-0.3, -0.25) is 4.57 Å². The predicted molar refractivity (Wildman–Crippen MR) is 99.6 cm³/mol. The number of hydrogen-bond acceptors (Lipinski definition) is 7. The molecule has 0 aliphatic heterocycles. The minimum Gasteiger partial charge on any atom is -0.369 e. The Balaban J connectivity index is 1.57. The number of nitrogens with one attached hydrogen (secondary N) is 2. The number of hydrogen-bond donors (Lipinski definition) is 2. The number of rotatable bonds is 7. The van der Waals surface area contributed by atoms with Gasteiger partial charge >= 0.3 is 0 Å². The minimum atomic E-state index is -3.49. The average Bonchev–Trinajstić information content (AvgIpc) is 3.21. The molecule has 0 amide bonds. The van der Waals surface area contributed by atoms with Gasteiger partial charge in [0, 0.05) is 31.5 Å². The van der Waals surface area contributed by atoms with Gasteiger partial charge < -0.3 is 5.32 Å². The molecule has 0 aliphatic rings. The average molecular weight is 443 g/mol. The van der Waals surface area contributed by atoms with Crippen LogP contribution in [0.3, 0.4) is 0 Å². The van der Waals surface area contributed by atoms with Crippen LogP contribution in [0.4, 0.5) is 5.82 Å². The van der Waals surface area contributed by atoms with E-state index in [0.717, 1.165) is 9.61 Å². The maximum atomic E-state index is 12.1. The van der Waals surface area contributed by atoms with Crippen molar-refractivity contribution in [3.05, 3.63) is 46.5 Å². The van der Waals surface area contributed by atoms with E-state index < -0.39 is 10.0 Å². The standard InChI is InChI=1S/C14H15BrN6O2S2/c1-10-16-6-7-21(10)13-8-12(18-9-19-13)17-4-5-20-25(22,23)14-3-2-11(15)24-14/h2-3,6-9,20H,4-5H2,1H3,(H,17,18,19). The molecule has 3 aromatic rings. The maximum Gasteiger partial charge on any atom is 0.250 e.